The number of aliphatic hydroxyl groups is 1. The molecule has 210 valence electrons. The molecule has 0 radical (unpaired) electrons. The third kappa shape index (κ3) is 8.49. The second-order valence-corrected chi connectivity index (χ2v) is 9.22. The molecule has 2 N–H and O–H groups in total. The van der Waals surface area contributed by atoms with E-state index in [0.717, 1.165) is 56.1 Å². The van der Waals surface area contributed by atoms with Gasteiger partial charge in [0.25, 0.3) is 0 Å². The summed E-state index contributed by atoms with van der Waals surface area (Å²) in [7, 11) is 0. The number of likely N-dealkylation sites (tertiary alicyclic amines) is 1. The van der Waals surface area contributed by atoms with Crippen LogP contribution in [0.25, 0.3) is 0 Å². The Balaban J connectivity index is 0.000000532. The van der Waals surface area contributed by atoms with Crippen LogP contribution in [0.3, 0.4) is 0 Å². The minimum Gasteiger partial charge on any atom is -0.493 e. The minimum absolute atomic E-state index is 0.120. The summed E-state index contributed by atoms with van der Waals surface area (Å²) in [6, 6.07) is 23.1. The van der Waals surface area contributed by atoms with Gasteiger partial charge in [0.15, 0.2) is 0 Å². The molecule has 0 atom stereocenters. The predicted octanol–water partition coefficient (Wildman–Crippen LogP) is 6.02. The number of piperidine rings is 1. The van der Waals surface area contributed by atoms with Gasteiger partial charge in [-0.3, -0.25) is 0 Å². The van der Waals surface area contributed by atoms with Crippen LogP contribution in [-0.4, -0.2) is 53.5 Å². The molecule has 39 heavy (non-hydrogen) atoms. The maximum Gasteiger partial charge on any atom is 0.490 e. The van der Waals surface area contributed by atoms with Gasteiger partial charge in [0.05, 0.1) is 6.61 Å². The van der Waals surface area contributed by atoms with Crippen LogP contribution < -0.4 is 4.74 Å². The number of aliphatic carboxylic acids is 1. The van der Waals surface area contributed by atoms with Gasteiger partial charge in [-0.1, -0.05) is 60.7 Å². The van der Waals surface area contributed by atoms with Crippen LogP contribution in [0.4, 0.5) is 22.0 Å². The number of benzene rings is 3. The van der Waals surface area contributed by atoms with Crippen molar-refractivity contribution >= 4 is 5.97 Å². The van der Waals surface area contributed by atoms with Gasteiger partial charge in [-0.25, -0.2) is 13.6 Å². The maximum absolute atomic E-state index is 13.3. The van der Waals surface area contributed by atoms with E-state index < -0.39 is 29.4 Å². The molecule has 0 unspecified atom stereocenters. The molecule has 0 spiro atoms. The number of halogens is 5. The van der Waals surface area contributed by atoms with Gasteiger partial charge in [0, 0.05) is 24.7 Å². The number of carboxylic acids is 1. The lowest BCUT2D eigenvalue weighted by molar-refractivity contribution is -0.192. The Labute approximate surface area is 223 Å². The van der Waals surface area contributed by atoms with E-state index >= 15 is 0 Å². The van der Waals surface area contributed by atoms with Crippen LogP contribution in [-0.2, 0) is 10.4 Å². The molecule has 1 aliphatic heterocycles. The van der Waals surface area contributed by atoms with E-state index in [1.807, 2.05) is 60.7 Å². The van der Waals surface area contributed by atoms with Crippen molar-refractivity contribution in [3.63, 3.8) is 0 Å². The van der Waals surface area contributed by atoms with E-state index in [0.29, 0.717) is 6.61 Å². The summed E-state index contributed by atoms with van der Waals surface area (Å²) in [5.41, 5.74) is 0.847. The van der Waals surface area contributed by atoms with E-state index in [-0.39, 0.29) is 11.7 Å². The van der Waals surface area contributed by atoms with Crippen molar-refractivity contribution < 1.29 is 41.7 Å². The number of nitrogens with zero attached hydrogens (tertiary/aromatic N) is 1. The first-order valence-corrected chi connectivity index (χ1v) is 12.4. The number of rotatable bonds is 8. The van der Waals surface area contributed by atoms with Crippen molar-refractivity contribution in [2.24, 2.45) is 5.92 Å². The molecule has 0 aliphatic carbocycles. The second kappa shape index (κ2) is 13.5. The normalized spacial score (nSPS) is 14.8. The van der Waals surface area contributed by atoms with Gasteiger partial charge in [-0.05, 0) is 49.4 Å². The van der Waals surface area contributed by atoms with Crippen molar-refractivity contribution in [2.75, 3.05) is 26.2 Å². The summed E-state index contributed by atoms with van der Waals surface area (Å²) in [5, 5.41) is 19.1. The summed E-state index contributed by atoms with van der Waals surface area (Å²) < 4.78 is 63.8. The average Bonchev–Trinajstić information content (AvgIpc) is 2.91. The number of carboxylic acid groups (broad SMARTS) is 1. The van der Waals surface area contributed by atoms with Crippen molar-refractivity contribution in [3.05, 3.63) is 102 Å². The third-order valence-corrected chi connectivity index (χ3v) is 6.57. The highest BCUT2D eigenvalue weighted by Crippen LogP contribution is 2.41. The number of hydrogen-bond donors (Lipinski definition) is 2. The van der Waals surface area contributed by atoms with E-state index in [2.05, 4.69) is 4.90 Å². The molecule has 3 aromatic carbocycles. The second-order valence-electron chi connectivity index (χ2n) is 9.22. The topological polar surface area (TPSA) is 70.0 Å². The van der Waals surface area contributed by atoms with Crippen LogP contribution >= 0.6 is 0 Å². The predicted molar refractivity (Wildman–Crippen MR) is 135 cm³/mol. The van der Waals surface area contributed by atoms with Gasteiger partial charge >= 0.3 is 12.1 Å². The Morgan fingerprint density at radius 2 is 1.33 bits per heavy atom. The van der Waals surface area contributed by atoms with Crippen LogP contribution in [0.1, 0.15) is 30.4 Å². The fourth-order valence-electron chi connectivity index (χ4n) is 4.69. The van der Waals surface area contributed by atoms with Gasteiger partial charge < -0.3 is 19.8 Å². The fourth-order valence-corrected chi connectivity index (χ4v) is 4.69. The van der Waals surface area contributed by atoms with E-state index in [1.165, 1.54) is 12.1 Å². The van der Waals surface area contributed by atoms with Gasteiger partial charge in [0.1, 0.15) is 23.0 Å². The first-order valence-electron chi connectivity index (χ1n) is 12.4. The first kappa shape index (κ1) is 30.0. The number of ether oxygens (including phenoxy) is 1. The molecule has 3 aromatic rings. The molecule has 4 rings (SSSR count). The molecular formula is C29H30F5NO4. The first-order chi connectivity index (χ1) is 18.5. The smallest absolute Gasteiger partial charge is 0.490 e. The summed E-state index contributed by atoms with van der Waals surface area (Å²) in [5.74, 6) is -3.68. The summed E-state index contributed by atoms with van der Waals surface area (Å²) in [6.07, 6.45) is -2.54. The largest absolute Gasteiger partial charge is 0.493 e. The Morgan fingerprint density at radius 3 is 1.77 bits per heavy atom. The zero-order chi connectivity index (χ0) is 28.5. The molecule has 0 saturated carbocycles. The molecule has 0 aromatic heterocycles. The summed E-state index contributed by atoms with van der Waals surface area (Å²) >= 11 is 0. The standard InChI is InChI=1S/C27H29F2NO2.C2HF3O2/c28-24-18-25(29)20-26(19-24)32-17-7-14-30-15-12-23(13-16-30)27(31,21-8-3-1-4-9-21)22-10-5-2-6-11-22;3-2(4,5)1(6)7/h1-6,8-11,18-20,23,31H,7,12-17H2;(H,6,7). The molecule has 0 amide bonds. The van der Waals surface area contributed by atoms with Crippen molar-refractivity contribution in [3.8, 4) is 5.75 Å². The zero-order valence-electron chi connectivity index (χ0n) is 21.1. The lowest BCUT2D eigenvalue weighted by atomic mass is 9.72. The fraction of sp³-hybridized carbons (Fsp3) is 0.345. The SMILES string of the molecule is O=C(O)C(F)(F)F.OC(c1ccccc1)(c1ccccc1)C1CCN(CCCOc2cc(F)cc(F)c2)CC1. The van der Waals surface area contributed by atoms with Crippen LogP contribution in [0.5, 0.6) is 5.75 Å². The van der Waals surface area contributed by atoms with Crippen LogP contribution in [0.2, 0.25) is 0 Å². The Hall–Kier alpha value is -3.50. The minimum atomic E-state index is -5.08. The van der Waals surface area contributed by atoms with Gasteiger partial charge in [-0.15, -0.1) is 0 Å². The van der Waals surface area contributed by atoms with E-state index in [4.69, 9.17) is 14.6 Å². The van der Waals surface area contributed by atoms with Crippen molar-refractivity contribution in [2.45, 2.75) is 31.0 Å². The molecule has 10 heteroatoms. The van der Waals surface area contributed by atoms with E-state index in [9.17, 15) is 27.1 Å². The Morgan fingerprint density at radius 1 is 0.872 bits per heavy atom. The highest BCUT2D eigenvalue weighted by Gasteiger charge is 2.41. The molecule has 1 heterocycles. The van der Waals surface area contributed by atoms with Gasteiger partial charge in [0.2, 0.25) is 0 Å². The Bertz CT molecular complexity index is 1120. The van der Waals surface area contributed by atoms with Crippen molar-refractivity contribution in [1.29, 1.82) is 0 Å². The highest BCUT2D eigenvalue weighted by molar-refractivity contribution is 5.73. The molecule has 0 bridgehead atoms. The number of hydrogen-bond acceptors (Lipinski definition) is 4. The highest BCUT2D eigenvalue weighted by atomic mass is 19.4. The number of alkyl halides is 3. The number of carbonyl (C=O) groups is 1. The maximum atomic E-state index is 13.3. The van der Waals surface area contributed by atoms with Crippen LogP contribution in [0.15, 0.2) is 78.9 Å². The quantitative estimate of drug-likeness (QED) is 0.265. The molecule has 1 saturated heterocycles. The third-order valence-electron chi connectivity index (χ3n) is 6.57. The molecule has 1 fully saturated rings. The van der Waals surface area contributed by atoms with E-state index in [1.54, 1.807) is 0 Å². The lowest BCUT2D eigenvalue weighted by Crippen LogP contribution is -2.44. The van der Waals surface area contributed by atoms with Gasteiger partial charge in [-0.2, -0.15) is 13.2 Å². The molecule has 5 nitrogen and oxygen atoms in total. The monoisotopic (exact) mass is 551 g/mol. The molecular weight excluding hydrogens is 521 g/mol. The summed E-state index contributed by atoms with van der Waals surface area (Å²) in [6.45, 7) is 3.03. The zero-order valence-corrected chi connectivity index (χ0v) is 21.1. The van der Waals surface area contributed by atoms with Crippen LogP contribution in [0, 0.1) is 17.6 Å². The average molecular weight is 552 g/mol. The molecule has 1 aliphatic rings. The summed E-state index contributed by atoms with van der Waals surface area (Å²) in [4.78, 5) is 11.3. The Kier molecular flexibility index (Phi) is 10.4. The van der Waals surface area contributed by atoms with Crippen molar-refractivity contribution in [1.82, 2.24) is 4.90 Å². The lowest BCUT2D eigenvalue weighted by Gasteiger charge is -2.42.